The van der Waals surface area contributed by atoms with Crippen LogP contribution in [0.2, 0.25) is 0 Å². The molecule has 1 aromatic heterocycles. The average Bonchev–Trinajstić information content (AvgIpc) is 3.14. The first-order valence-electron chi connectivity index (χ1n) is 7.10. The van der Waals surface area contributed by atoms with E-state index < -0.39 is 0 Å². The molecule has 0 spiro atoms. The van der Waals surface area contributed by atoms with Gasteiger partial charge in [-0.3, -0.25) is 4.68 Å². The molecule has 0 aliphatic heterocycles. The van der Waals surface area contributed by atoms with Crippen LogP contribution in [0.1, 0.15) is 12.8 Å². The summed E-state index contributed by atoms with van der Waals surface area (Å²) in [6.45, 7) is 1.06. The summed E-state index contributed by atoms with van der Waals surface area (Å²) in [5.74, 6) is 0.849. The molecule has 3 nitrogen and oxygen atoms in total. The molecule has 0 bridgehead atoms. The molecule has 0 radical (unpaired) electrons. The Labute approximate surface area is 118 Å². The van der Waals surface area contributed by atoms with Crippen LogP contribution in [0.15, 0.2) is 48.8 Å². The lowest BCUT2D eigenvalue weighted by Gasteiger charge is -2.03. The van der Waals surface area contributed by atoms with Gasteiger partial charge in [-0.2, -0.15) is 5.10 Å². The van der Waals surface area contributed by atoms with Crippen molar-refractivity contribution in [1.82, 2.24) is 9.78 Å². The molecular weight excluding hydrogens is 246 g/mol. The molecule has 1 fully saturated rings. The third kappa shape index (κ3) is 2.16. The van der Waals surface area contributed by atoms with Crippen molar-refractivity contribution in [2.45, 2.75) is 19.4 Å². The van der Waals surface area contributed by atoms with E-state index in [1.807, 2.05) is 18.3 Å². The molecule has 20 heavy (non-hydrogen) atoms. The van der Waals surface area contributed by atoms with Gasteiger partial charge in [0.25, 0.3) is 0 Å². The smallest absolute Gasteiger partial charge is 0.0568 e. The van der Waals surface area contributed by atoms with Crippen molar-refractivity contribution >= 4 is 16.5 Å². The molecule has 3 aromatic rings. The Hall–Kier alpha value is -2.29. The number of fused-ring (bicyclic) bond motifs is 1. The zero-order valence-electron chi connectivity index (χ0n) is 11.3. The number of aromatic nitrogens is 2. The second-order valence-corrected chi connectivity index (χ2v) is 5.72. The Balaban J connectivity index is 1.69. The Bertz CT molecular complexity index is 769. The molecule has 0 amide bonds. The predicted molar refractivity (Wildman–Crippen MR) is 82.3 cm³/mol. The van der Waals surface area contributed by atoms with Gasteiger partial charge in [0.2, 0.25) is 0 Å². The Morgan fingerprint density at radius 1 is 1.05 bits per heavy atom. The minimum Gasteiger partial charge on any atom is -0.399 e. The third-order valence-electron chi connectivity index (χ3n) is 3.97. The maximum atomic E-state index is 5.82. The van der Waals surface area contributed by atoms with Crippen molar-refractivity contribution in [2.24, 2.45) is 5.92 Å². The fourth-order valence-corrected chi connectivity index (χ4v) is 2.62. The summed E-state index contributed by atoms with van der Waals surface area (Å²) in [5, 5.41) is 6.86. The van der Waals surface area contributed by atoms with Gasteiger partial charge in [-0.15, -0.1) is 0 Å². The molecule has 2 N–H and O–H groups in total. The van der Waals surface area contributed by atoms with Crippen LogP contribution >= 0.6 is 0 Å². The molecular formula is C17H17N3. The number of hydrogen-bond acceptors (Lipinski definition) is 2. The van der Waals surface area contributed by atoms with Gasteiger partial charge in [-0.25, -0.2) is 0 Å². The third-order valence-corrected chi connectivity index (χ3v) is 3.97. The van der Waals surface area contributed by atoms with Crippen LogP contribution in [0, 0.1) is 5.92 Å². The van der Waals surface area contributed by atoms with E-state index in [0.29, 0.717) is 0 Å². The summed E-state index contributed by atoms with van der Waals surface area (Å²) in [6.07, 6.45) is 6.82. The molecule has 4 rings (SSSR count). The molecule has 2 aromatic carbocycles. The van der Waals surface area contributed by atoms with E-state index in [9.17, 15) is 0 Å². The minimum absolute atomic E-state index is 0.808. The second kappa shape index (κ2) is 4.37. The molecule has 3 heteroatoms. The van der Waals surface area contributed by atoms with Crippen LogP contribution in [0.5, 0.6) is 0 Å². The number of nitrogens with two attached hydrogens (primary N) is 1. The lowest BCUT2D eigenvalue weighted by Crippen LogP contribution is -1.98. The highest BCUT2D eigenvalue weighted by Gasteiger charge is 2.21. The van der Waals surface area contributed by atoms with Crippen LogP contribution in [-0.4, -0.2) is 9.78 Å². The second-order valence-electron chi connectivity index (χ2n) is 5.72. The zero-order valence-corrected chi connectivity index (χ0v) is 11.3. The normalized spacial score (nSPS) is 14.8. The average molecular weight is 263 g/mol. The zero-order chi connectivity index (χ0) is 13.5. The number of hydrogen-bond donors (Lipinski definition) is 1. The van der Waals surface area contributed by atoms with Crippen molar-refractivity contribution in [3.05, 3.63) is 48.8 Å². The molecule has 1 heterocycles. The molecule has 1 aliphatic carbocycles. The number of nitrogens with zero attached hydrogens (tertiary/aromatic N) is 2. The summed E-state index contributed by atoms with van der Waals surface area (Å²) in [4.78, 5) is 0. The Kier molecular flexibility index (Phi) is 2.52. The fraction of sp³-hybridized carbons (Fsp3) is 0.235. The SMILES string of the molecule is Nc1ccc2cc(-c3cnn(CC4CC4)c3)ccc2c1. The largest absolute Gasteiger partial charge is 0.399 e. The highest BCUT2D eigenvalue weighted by Crippen LogP contribution is 2.31. The van der Waals surface area contributed by atoms with E-state index in [1.54, 1.807) is 0 Å². The standard InChI is InChI=1S/C17H17N3/c18-17-6-5-13-7-14(3-4-15(13)8-17)16-9-19-20(11-16)10-12-1-2-12/h3-9,11-12H,1-2,10,18H2. The molecule has 0 saturated heterocycles. The Morgan fingerprint density at radius 3 is 2.70 bits per heavy atom. The lowest BCUT2D eigenvalue weighted by molar-refractivity contribution is 0.563. The quantitative estimate of drug-likeness (QED) is 0.732. The number of benzene rings is 2. The van der Waals surface area contributed by atoms with E-state index in [4.69, 9.17) is 5.73 Å². The van der Waals surface area contributed by atoms with Gasteiger partial charge in [0.1, 0.15) is 0 Å². The summed E-state index contributed by atoms with van der Waals surface area (Å²) in [6, 6.07) is 12.5. The minimum atomic E-state index is 0.808. The first-order valence-corrected chi connectivity index (χ1v) is 7.10. The first kappa shape index (κ1) is 11.5. The molecule has 100 valence electrons. The maximum Gasteiger partial charge on any atom is 0.0568 e. The highest BCUT2D eigenvalue weighted by atomic mass is 15.3. The van der Waals surface area contributed by atoms with Crippen molar-refractivity contribution in [2.75, 3.05) is 5.73 Å². The van der Waals surface area contributed by atoms with Gasteiger partial charge >= 0.3 is 0 Å². The maximum absolute atomic E-state index is 5.82. The summed E-state index contributed by atoms with van der Waals surface area (Å²) >= 11 is 0. The Morgan fingerprint density at radius 2 is 1.85 bits per heavy atom. The number of nitrogen functional groups attached to an aromatic ring is 1. The van der Waals surface area contributed by atoms with Crippen LogP contribution in [0.4, 0.5) is 5.69 Å². The van der Waals surface area contributed by atoms with Crippen LogP contribution in [-0.2, 0) is 6.54 Å². The van der Waals surface area contributed by atoms with Gasteiger partial charge in [0.15, 0.2) is 0 Å². The summed E-state index contributed by atoms with van der Waals surface area (Å²) in [7, 11) is 0. The van der Waals surface area contributed by atoms with Crippen molar-refractivity contribution in [3.8, 4) is 11.1 Å². The predicted octanol–water partition coefficient (Wildman–Crippen LogP) is 3.70. The van der Waals surface area contributed by atoms with E-state index in [1.165, 1.54) is 34.7 Å². The highest BCUT2D eigenvalue weighted by molar-refractivity contribution is 5.89. The topological polar surface area (TPSA) is 43.8 Å². The van der Waals surface area contributed by atoms with Crippen LogP contribution < -0.4 is 5.73 Å². The van der Waals surface area contributed by atoms with Gasteiger partial charge < -0.3 is 5.73 Å². The van der Waals surface area contributed by atoms with Gasteiger partial charge in [0, 0.05) is 24.0 Å². The molecule has 1 aliphatic rings. The van der Waals surface area contributed by atoms with Crippen molar-refractivity contribution in [3.63, 3.8) is 0 Å². The molecule has 0 atom stereocenters. The van der Waals surface area contributed by atoms with Gasteiger partial charge in [-0.1, -0.05) is 18.2 Å². The summed E-state index contributed by atoms with van der Waals surface area (Å²) < 4.78 is 2.07. The van der Waals surface area contributed by atoms with E-state index in [2.05, 4.69) is 40.2 Å². The van der Waals surface area contributed by atoms with E-state index in [-0.39, 0.29) is 0 Å². The van der Waals surface area contributed by atoms with Gasteiger partial charge in [0.05, 0.1) is 6.20 Å². The van der Waals surface area contributed by atoms with Crippen LogP contribution in [0.3, 0.4) is 0 Å². The lowest BCUT2D eigenvalue weighted by atomic mass is 10.0. The van der Waals surface area contributed by atoms with Gasteiger partial charge in [-0.05, 0) is 53.3 Å². The fourth-order valence-electron chi connectivity index (χ4n) is 2.62. The summed E-state index contributed by atoms with van der Waals surface area (Å²) in [5.41, 5.74) is 9.02. The number of rotatable bonds is 3. The van der Waals surface area contributed by atoms with E-state index in [0.717, 1.165) is 18.2 Å². The number of anilines is 1. The molecule has 0 unspecified atom stereocenters. The monoisotopic (exact) mass is 263 g/mol. The van der Waals surface area contributed by atoms with Crippen molar-refractivity contribution in [1.29, 1.82) is 0 Å². The van der Waals surface area contributed by atoms with E-state index >= 15 is 0 Å². The van der Waals surface area contributed by atoms with Crippen LogP contribution in [0.25, 0.3) is 21.9 Å². The first-order chi connectivity index (χ1) is 9.78. The molecule has 1 saturated carbocycles. The van der Waals surface area contributed by atoms with Crippen molar-refractivity contribution < 1.29 is 0 Å².